The van der Waals surface area contributed by atoms with Crippen molar-refractivity contribution in [3.05, 3.63) is 109 Å². The number of allylic oxidation sites excluding steroid dienone is 6. The van der Waals surface area contributed by atoms with Crippen LogP contribution in [0.2, 0.25) is 0 Å². The Morgan fingerprint density at radius 1 is 0.604 bits per heavy atom. The van der Waals surface area contributed by atoms with Gasteiger partial charge in [-0.25, -0.2) is 0 Å². The molecule has 0 amide bonds. The molecule has 1 aromatic carbocycles. The molecule has 8 heteroatoms. The van der Waals surface area contributed by atoms with Crippen molar-refractivity contribution < 1.29 is 19.2 Å². The Balaban J connectivity index is 1.06. The summed E-state index contributed by atoms with van der Waals surface area (Å²) in [6.45, 7) is 9.20. The topological polar surface area (TPSA) is 68.3 Å². The molecule has 1 fully saturated rings. The van der Waals surface area contributed by atoms with Crippen molar-refractivity contribution in [1.29, 1.82) is 0 Å². The first-order chi connectivity index (χ1) is 23.0. The van der Waals surface area contributed by atoms with Crippen LogP contribution in [0.25, 0.3) is 46.6 Å². The molecule has 0 radical (unpaired) electrons. The molecule has 4 heterocycles. The van der Waals surface area contributed by atoms with Crippen molar-refractivity contribution in [3.63, 3.8) is 0 Å². The third-order valence-electron chi connectivity index (χ3n) is 10.8. The Bertz CT molecular complexity index is 2550. The van der Waals surface area contributed by atoms with E-state index >= 15 is 0 Å². The van der Waals surface area contributed by atoms with Crippen LogP contribution in [-0.4, -0.2) is 23.1 Å². The van der Waals surface area contributed by atoms with Gasteiger partial charge >= 0.3 is 0 Å². The summed E-state index contributed by atoms with van der Waals surface area (Å²) in [6, 6.07) is 11.7. The predicted molar refractivity (Wildman–Crippen MR) is 197 cm³/mol. The highest BCUT2D eigenvalue weighted by Gasteiger charge is 2.47. The summed E-state index contributed by atoms with van der Waals surface area (Å²) in [6.07, 6.45) is 11.5. The number of carbonyl (C=O) groups excluding carboxylic acids is 4. The van der Waals surface area contributed by atoms with Crippen LogP contribution in [0.1, 0.15) is 75.6 Å². The van der Waals surface area contributed by atoms with Crippen LogP contribution in [0.3, 0.4) is 0 Å². The molecule has 5 aromatic rings. The Morgan fingerprint density at radius 2 is 1.15 bits per heavy atom. The summed E-state index contributed by atoms with van der Waals surface area (Å²) in [5, 5.41) is 0. The average molecular weight is 699 g/mol. The first-order valence-corrected chi connectivity index (χ1v) is 19.2. The van der Waals surface area contributed by atoms with Gasteiger partial charge in [-0.1, -0.05) is 76.3 Å². The zero-order valence-corrected chi connectivity index (χ0v) is 29.6. The average Bonchev–Trinajstić information content (AvgIpc) is 3.92. The highest BCUT2D eigenvalue weighted by Crippen LogP contribution is 2.65. The SMILES string of the molecule is CC1(C)c2cc(/C=C3\C(=O)C(=O)c4ccccc43)sc2-c2sc3c4c(sc3c21)-c1sc(/C=C2\C(=O)C(=O)C3C=CC=CC23)cc1C4(C)C. The maximum Gasteiger partial charge on any atom is 0.234 e. The molecule has 0 bridgehead atoms. The Labute approximate surface area is 292 Å². The maximum atomic E-state index is 13.0. The summed E-state index contributed by atoms with van der Waals surface area (Å²) in [4.78, 5) is 58.4. The van der Waals surface area contributed by atoms with Gasteiger partial charge in [0, 0.05) is 53.0 Å². The number of ketones is 4. The third kappa shape index (κ3) is 3.49. The van der Waals surface area contributed by atoms with Gasteiger partial charge in [0.1, 0.15) is 0 Å². The van der Waals surface area contributed by atoms with Crippen LogP contribution in [0, 0.1) is 11.8 Å². The number of hydrogen-bond donors (Lipinski definition) is 0. The molecule has 234 valence electrons. The molecule has 1 saturated carbocycles. The van der Waals surface area contributed by atoms with E-state index in [2.05, 4.69) is 39.8 Å². The molecular weight excluding hydrogens is 673 g/mol. The summed E-state index contributed by atoms with van der Waals surface area (Å²) in [7, 11) is 0. The Morgan fingerprint density at radius 3 is 1.75 bits per heavy atom. The van der Waals surface area contributed by atoms with Gasteiger partial charge in [0.25, 0.3) is 0 Å². The minimum atomic E-state index is -0.429. The van der Waals surface area contributed by atoms with E-state index in [9.17, 15) is 19.2 Å². The van der Waals surface area contributed by atoms with E-state index in [4.69, 9.17) is 0 Å². The van der Waals surface area contributed by atoms with Crippen LogP contribution < -0.4 is 0 Å². The zero-order valence-electron chi connectivity index (χ0n) is 26.3. The highest BCUT2D eigenvalue weighted by atomic mass is 32.1. The number of carbonyl (C=O) groups is 4. The second-order valence-electron chi connectivity index (χ2n) is 14.2. The minimum absolute atomic E-state index is 0.178. The van der Waals surface area contributed by atoms with Gasteiger partial charge in [-0.15, -0.1) is 45.3 Å². The molecule has 0 saturated heterocycles. The van der Waals surface area contributed by atoms with Crippen LogP contribution in [0.5, 0.6) is 0 Å². The fraction of sp³-hybridized carbons (Fsp3) is 0.200. The van der Waals surface area contributed by atoms with Gasteiger partial charge < -0.3 is 0 Å². The van der Waals surface area contributed by atoms with Gasteiger partial charge in [0.15, 0.2) is 0 Å². The summed E-state index contributed by atoms with van der Waals surface area (Å²) in [5.74, 6) is -2.07. The maximum absolute atomic E-state index is 13.0. The molecule has 2 atom stereocenters. The monoisotopic (exact) mass is 698 g/mol. The number of fused-ring (bicyclic) bond motifs is 11. The molecule has 0 N–H and O–H groups in total. The van der Waals surface area contributed by atoms with E-state index in [0.717, 1.165) is 15.3 Å². The molecule has 4 aromatic heterocycles. The van der Waals surface area contributed by atoms with Crippen LogP contribution in [-0.2, 0) is 25.2 Å². The summed E-state index contributed by atoms with van der Waals surface area (Å²) in [5.41, 5.74) is 7.19. The van der Waals surface area contributed by atoms with E-state index in [1.807, 2.05) is 71.3 Å². The molecular formula is C40H26O4S4. The zero-order chi connectivity index (χ0) is 33.0. The molecule has 0 aliphatic heterocycles. The van der Waals surface area contributed by atoms with Crippen molar-refractivity contribution in [2.45, 2.75) is 38.5 Å². The first kappa shape index (κ1) is 28.9. The van der Waals surface area contributed by atoms with E-state index in [1.165, 1.54) is 51.2 Å². The van der Waals surface area contributed by atoms with Crippen molar-refractivity contribution in [2.75, 3.05) is 0 Å². The molecule has 48 heavy (non-hydrogen) atoms. The molecule has 5 aliphatic rings. The van der Waals surface area contributed by atoms with Crippen LogP contribution in [0.15, 0.2) is 66.3 Å². The number of rotatable bonds is 2. The molecule has 0 spiro atoms. The van der Waals surface area contributed by atoms with Gasteiger partial charge in [-0.3, -0.25) is 19.2 Å². The van der Waals surface area contributed by atoms with E-state index in [-0.39, 0.29) is 34.2 Å². The van der Waals surface area contributed by atoms with Crippen molar-refractivity contribution in [2.24, 2.45) is 11.8 Å². The van der Waals surface area contributed by atoms with Crippen molar-refractivity contribution in [1.82, 2.24) is 0 Å². The van der Waals surface area contributed by atoms with Crippen LogP contribution >= 0.6 is 45.3 Å². The van der Waals surface area contributed by atoms with Gasteiger partial charge in [0.05, 0.1) is 25.1 Å². The lowest BCUT2D eigenvalue weighted by Crippen LogP contribution is -2.15. The normalized spacial score (nSPS) is 23.8. The fourth-order valence-corrected chi connectivity index (χ4v) is 14.7. The third-order valence-corrected chi connectivity index (χ3v) is 15.9. The number of thiophene rings is 4. The number of hydrogen-bond acceptors (Lipinski definition) is 8. The molecule has 2 unspecified atom stereocenters. The van der Waals surface area contributed by atoms with E-state index in [0.29, 0.717) is 16.7 Å². The first-order valence-electron chi connectivity index (χ1n) is 15.9. The lowest BCUT2D eigenvalue weighted by molar-refractivity contribution is -0.133. The predicted octanol–water partition coefficient (Wildman–Crippen LogP) is 9.90. The molecule has 5 aliphatic carbocycles. The van der Waals surface area contributed by atoms with Gasteiger partial charge in [-0.2, -0.15) is 0 Å². The van der Waals surface area contributed by atoms with Crippen LogP contribution in [0.4, 0.5) is 0 Å². The Hall–Kier alpha value is -4.08. The minimum Gasteiger partial charge on any atom is -0.290 e. The summed E-state index contributed by atoms with van der Waals surface area (Å²) >= 11 is 7.21. The lowest BCUT2D eigenvalue weighted by Gasteiger charge is -2.20. The smallest absolute Gasteiger partial charge is 0.234 e. The quantitative estimate of drug-likeness (QED) is 0.136. The van der Waals surface area contributed by atoms with Gasteiger partial charge in [-0.05, 0) is 52.1 Å². The number of Topliss-reactive ketones (excluding diaryl/α,β-unsaturated/α-hetero) is 4. The van der Waals surface area contributed by atoms with Crippen molar-refractivity contribution in [3.8, 4) is 19.5 Å². The molecule has 10 rings (SSSR count). The summed E-state index contributed by atoms with van der Waals surface area (Å²) < 4.78 is 2.70. The Kier molecular flexibility index (Phi) is 5.61. The second kappa shape index (κ2) is 9.33. The van der Waals surface area contributed by atoms with E-state index < -0.39 is 11.6 Å². The highest BCUT2D eigenvalue weighted by molar-refractivity contribution is 7.34. The van der Waals surface area contributed by atoms with Crippen molar-refractivity contribution >= 4 is 95.6 Å². The molecule has 4 nitrogen and oxygen atoms in total. The largest absolute Gasteiger partial charge is 0.290 e. The standard InChI is InChI=1S/C40H26O4S4/c1-39(2)25-15-17(13-23-19-9-5-7-11-21(19)29(41)31(23)43)45-33(25)35-27(39)37-38(47-35)28-36(48-37)34-26(40(28,3)4)16-18(46-34)14-24-20-10-6-8-12-22(20)30(42)32(24)44/h5-16,19,21H,1-4H3/b23-13-,24-14-. The van der Waals surface area contributed by atoms with E-state index in [1.54, 1.807) is 34.8 Å². The lowest BCUT2D eigenvalue weighted by atomic mass is 9.82. The second-order valence-corrected chi connectivity index (χ2v) is 18.4. The fourth-order valence-electron chi connectivity index (χ4n) is 8.37. The number of benzene rings is 1. The van der Waals surface area contributed by atoms with Gasteiger partial charge in [0.2, 0.25) is 23.1 Å².